The van der Waals surface area contributed by atoms with Crippen LogP contribution in [0.25, 0.3) is 0 Å². The number of esters is 7. The molecule has 2 saturated heterocycles. The summed E-state index contributed by atoms with van der Waals surface area (Å²) in [5, 5.41) is 3.57. The zero-order valence-electron chi connectivity index (χ0n) is 26.0. The number of nitrogens with one attached hydrogen (secondary N) is 1. The first-order valence-corrected chi connectivity index (χ1v) is 13.7. The van der Waals surface area contributed by atoms with Crippen molar-refractivity contribution in [1.82, 2.24) is 4.91 Å². The third-order valence-corrected chi connectivity index (χ3v) is 6.08. The molecule has 2 aliphatic heterocycles. The predicted octanol–water partition coefficient (Wildman–Crippen LogP) is -0.844. The quantitative estimate of drug-likeness (QED) is 0.115. The van der Waals surface area contributed by atoms with Gasteiger partial charge in [0.2, 0.25) is 4.91 Å². The van der Waals surface area contributed by atoms with Crippen LogP contribution in [-0.4, -0.2) is 116 Å². The number of carbonyl (C=O) groups is 7. The Morgan fingerprint density at radius 1 is 0.543 bits per heavy atom. The highest BCUT2D eigenvalue weighted by Crippen LogP contribution is 2.35. The number of rotatable bonds is 12. The van der Waals surface area contributed by atoms with Gasteiger partial charge in [0.05, 0.1) is 0 Å². The van der Waals surface area contributed by atoms with E-state index in [1.54, 1.807) is 0 Å². The van der Waals surface area contributed by atoms with Gasteiger partial charge in [-0.05, 0) is 0 Å². The molecule has 0 amide bonds. The third kappa shape index (κ3) is 11.1. The first-order chi connectivity index (χ1) is 21.5. The molecular weight excluding hydrogens is 626 g/mol. The SMILES string of the molecule is CC(=O)OC[C@@H]1O[C@H](O[C@H]2[C@H](OC(C)=O)[C@H](OC(C)=O)[C@H](N=[N+]=N)O[C@@H]2COC(C)=O)[C@H](OC(C)=O)[C@H](OC(C)=O)[C@@H]1OC(C)=O. The summed E-state index contributed by atoms with van der Waals surface area (Å²) in [7, 11) is 0. The number of ether oxygens (including phenoxy) is 10. The van der Waals surface area contributed by atoms with Crippen molar-refractivity contribution in [3.63, 3.8) is 0 Å². The molecule has 2 fully saturated rings. The average Bonchev–Trinajstić information content (AvgIpc) is 2.91. The maximum atomic E-state index is 12.3. The Labute approximate surface area is 261 Å². The molecule has 256 valence electrons. The van der Waals surface area contributed by atoms with Crippen LogP contribution in [0.2, 0.25) is 0 Å². The van der Waals surface area contributed by atoms with E-state index >= 15 is 0 Å². The van der Waals surface area contributed by atoms with E-state index in [0.29, 0.717) is 0 Å². The van der Waals surface area contributed by atoms with E-state index < -0.39 is 116 Å². The minimum atomic E-state index is -1.81. The van der Waals surface area contributed by atoms with Crippen molar-refractivity contribution >= 4 is 41.8 Å². The molecule has 2 rings (SSSR count). The number of nitrogens with zero attached hydrogens (tertiary/aromatic N) is 2. The topological polar surface area (TPSA) is 262 Å². The van der Waals surface area contributed by atoms with Gasteiger partial charge in [-0.25, -0.2) is 0 Å². The largest absolute Gasteiger partial charge is 0.463 e. The first-order valence-electron chi connectivity index (χ1n) is 13.7. The minimum Gasteiger partial charge on any atom is -0.463 e. The number of carbonyl (C=O) groups excluding carboxylic acids is 7. The van der Waals surface area contributed by atoms with Crippen molar-refractivity contribution in [2.75, 3.05) is 13.2 Å². The second-order valence-corrected chi connectivity index (χ2v) is 9.90. The van der Waals surface area contributed by atoms with E-state index in [4.69, 9.17) is 52.9 Å². The van der Waals surface area contributed by atoms with Crippen LogP contribution in [0.5, 0.6) is 0 Å². The Morgan fingerprint density at radius 3 is 1.37 bits per heavy atom. The molecule has 0 aromatic carbocycles. The summed E-state index contributed by atoms with van der Waals surface area (Å²) in [6.45, 7) is 6.14. The van der Waals surface area contributed by atoms with Gasteiger partial charge < -0.3 is 47.4 Å². The first kappa shape index (κ1) is 37.7. The monoisotopic (exact) mass is 662 g/mol. The fourth-order valence-corrected chi connectivity index (χ4v) is 4.64. The van der Waals surface area contributed by atoms with Gasteiger partial charge in [0.25, 0.3) is 6.23 Å². The summed E-state index contributed by atoms with van der Waals surface area (Å²) in [6.07, 6.45) is -15.9. The van der Waals surface area contributed by atoms with Gasteiger partial charge in [-0.15, -0.1) is 0 Å². The van der Waals surface area contributed by atoms with Crippen molar-refractivity contribution < 1.29 is 80.9 Å². The molecule has 1 N–H and O–H groups in total. The van der Waals surface area contributed by atoms with E-state index in [0.717, 1.165) is 48.5 Å². The van der Waals surface area contributed by atoms with Crippen LogP contribution in [0, 0.1) is 5.53 Å². The number of hydrogen-bond acceptors (Lipinski definition) is 19. The zero-order chi connectivity index (χ0) is 34.7. The van der Waals surface area contributed by atoms with Crippen LogP contribution < -0.4 is 4.91 Å². The highest BCUT2D eigenvalue weighted by Gasteiger charge is 2.58. The lowest BCUT2D eigenvalue weighted by Gasteiger charge is -2.47. The van der Waals surface area contributed by atoms with Crippen LogP contribution in [0.15, 0.2) is 5.11 Å². The second-order valence-electron chi connectivity index (χ2n) is 9.90. The molecule has 20 nitrogen and oxygen atoms in total. The van der Waals surface area contributed by atoms with Crippen molar-refractivity contribution in [3.8, 4) is 0 Å². The van der Waals surface area contributed by atoms with E-state index in [-0.39, 0.29) is 0 Å². The molecule has 0 aromatic rings. The summed E-state index contributed by atoms with van der Waals surface area (Å²) in [4.78, 5) is 87.0. The minimum absolute atomic E-state index is 0.578. The second kappa shape index (κ2) is 17.2. The van der Waals surface area contributed by atoms with E-state index in [2.05, 4.69) is 10.0 Å². The lowest BCUT2D eigenvalue weighted by molar-refractivity contribution is -0.344. The highest BCUT2D eigenvalue weighted by molar-refractivity contribution is 5.69. The molecule has 10 atom stereocenters. The van der Waals surface area contributed by atoms with E-state index in [9.17, 15) is 33.6 Å². The van der Waals surface area contributed by atoms with Crippen molar-refractivity contribution in [1.29, 1.82) is 5.53 Å². The molecular formula is C26H36N3O17+. The summed E-state index contributed by atoms with van der Waals surface area (Å²) in [5.41, 5.74) is 7.17. The molecule has 0 aromatic heterocycles. The molecule has 0 bridgehead atoms. The molecule has 0 radical (unpaired) electrons. The Hall–Kier alpha value is -4.52. The predicted molar refractivity (Wildman–Crippen MR) is 141 cm³/mol. The van der Waals surface area contributed by atoms with Crippen LogP contribution in [0.4, 0.5) is 0 Å². The molecule has 2 heterocycles. The molecule has 20 heteroatoms. The Bertz CT molecular complexity index is 1220. The van der Waals surface area contributed by atoms with Gasteiger partial charge in [0, 0.05) is 48.5 Å². The maximum absolute atomic E-state index is 12.3. The van der Waals surface area contributed by atoms with Gasteiger partial charge in [-0.1, -0.05) is 0 Å². The number of hydrogen-bond donors (Lipinski definition) is 1. The van der Waals surface area contributed by atoms with Crippen LogP contribution >= 0.6 is 0 Å². The summed E-state index contributed by atoms with van der Waals surface area (Å²) in [5.74, 6) is -6.02. The fourth-order valence-electron chi connectivity index (χ4n) is 4.64. The molecule has 2 aliphatic rings. The molecule has 0 aliphatic carbocycles. The lowest BCUT2D eigenvalue weighted by atomic mass is 9.95. The molecule has 46 heavy (non-hydrogen) atoms. The van der Waals surface area contributed by atoms with Crippen molar-refractivity contribution in [2.45, 2.75) is 110 Å². The standard InChI is InChI=1S/C26H36N3O17/c1-10(30)37-8-17-20(21(40-13(4)33)23(42-15(6)35)25(44-17)28-29-27)46-26-24(43-16(7)36)22(41-14(5)34)19(39-12(3)32)18(45-26)9-38-11(2)31/h17-27H,8-9H2,1-7H3/q+1/t17-,18+,19-,20-,21+,22-,23+,24-,25-,26-/m1/s1. The van der Waals surface area contributed by atoms with Gasteiger partial charge in [-0.2, -0.15) is 0 Å². The van der Waals surface area contributed by atoms with E-state index in [1.165, 1.54) is 0 Å². The summed E-state index contributed by atoms with van der Waals surface area (Å²) < 4.78 is 55.0. The van der Waals surface area contributed by atoms with Crippen molar-refractivity contribution in [3.05, 3.63) is 0 Å². The third-order valence-electron chi connectivity index (χ3n) is 6.08. The Morgan fingerprint density at radius 2 is 0.935 bits per heavy atom. The van der Waals surface area contributed by atoms with Gasteiger partial charge in [-0.3, -0.25) is 33.6 Å². The fraction of sp³-hybridized carbons (Fsp3) is 0.731. The lowest BCUT2D eigenvalue weighted by Crippen LogP contribution is -2.67. The Balaban J connectivity index is 2.73. The molecule has 0 saturated carbocycles. The smallest absolute Gasteiger partial charge is 0.303 e. The zero-order valence-corrected chi connectivity index (χ0v) is 26.0. The van der Waals surface area contributed by atoms with E-state index in [1.807, 2.05) is 0 Å². The van der Waals surface area contributed by atoms with Gasteiger partial charge in [0.15, 0.2) is 41.9 Å². The van der Waals surface area contributed by atoms with Crippen LogP contribution in [0.1, 0.15) is 48.5 Å². The van der Waals surface area contributed by atoms with Crippen molar-refractivity contribution in [2.24, 2.45) is 5.11 Å². The van der Waals surface area contributed by atoms with Gasteiger partial charge in [0.1, 0.15) is 37.1 Å². The molecule has 0 spiro atoms. The summed E-state index contributed by atoms with van der Waals surface area (Å²) >= 11 is 0. The van der Waals surface area contributed by atoms with Crippen LogP contribution in [-0.2, 0) is 80.9 Å². The van der Waals surface area contributed by atoms with Crippen LogP contribution in [0.3, 0.4) is 0 Å². The average molecular weight is 663 g/mol. The maximum Gasteiger partial charge on any atom is 0.303 e. The molecule has 0 unspecified atom stereocenters. The Kier molecular flexibility index (Phi) is 14.1. The highest BCUT2D eigenvalue weighted by atomic mass is 16.8. The van der Waals surface area contributed by atoms with Gasteiger partial charge >= 0.3 is 41.8 Å². The summed E-state index contributed by atoms with van der Waals surface area (Å²) in [6, 6.07) is 0. The normalized spacial score (nSPS) is 30.3.